The minimum absolute atomic E-state index is 0.213. The molecule has 0 saturated heterocycles. The van der Waals surface area contributed by atoms with Gasteiger partial charge in [-0.2, -0.15) is 0 Å². The van der Waals surface area contributed by atoms with Crippen LogP contribution in [0.4, 0.5) is 5.82 Å². The Morgan fingerprint density at radius 1 is 1.20 bits per heavy atom. The van der Waals surface area contributed by atoms with E-state index in [1.807, 2.05) is 19.1 Å². The standard InChI is InChI=1S/C14H17N5O/c1-2-16-13-10-18-12(9-19-13)14(20)17-8-5-11-3-6-15-7-4-11/h3-4,6-7,9-10H,2,5,8H2,1H3,(H,16,19)(H,17,20). The molecule has 2 aromatic heterocycles. The van der Waals surface area contributed by atoms with Crippen molar-refractivity contribution in [3.05, 3.63) is 48.2 Å². The van der Waals surface area contributed by atoms with Gasteiger partial charge in [0.15, 0.2) is 0 Å². The quantitative estimate of drug-likeness (QED) is 0.827. The van der Waals surface area contributed by atoms with Gasteiger partial charge >= 0.3 is 0 Å². The zero-order valence-corrected chi connectivity index (χ0v) is 11.3. The Bertz CT molecular complexity index is 541. The van der Waals surface area contributed by atoms with Gasteiger partial charge < -0.3 is 10.6 Å². The molecule has 2 aromatic rings. The van der Waals surface area contributed by atoms with E-state index in [0.717, 1.165) is 18.5 Å². The maximum Gasteiger partial charge on any atom is 0.271 e. The van der Waals surface area contributed by atoms with Crippen LogP contribution in [0.5, 0.6) is 0 Å². The Morgan fingerprint density at radius 3 is 2.65 bits per heavy atom. The molecule has 0 fully saturated rings. The average molecular weight is 271 g/mol. The molecule has 0 aliphatic carbocycles. The highest BCUT2D eigenvalue weighted by Gasteiger charge is 2.07. The zero-order valence-electron chi connectivity index (χ0n) is 11.3. The van der Waals surface area contributed by atoms with E-state index in [2.05, 4.69) is 25.6 Å². The summed E-state index contributed by atoms with van der Waals surface area (Å²) in [7, 11) is 0. The van der Waals surface area contributed by atoms with Crippen LogP contribution in [0.2, 0.25) is 0 Å². The number of rotatable bonds is 6. The van der Waals surface area contributed by atoms with E-state index in [0.29, 0.717) is 18.1 Å². The molecule has 0 saturated carbocycles. The van der Waals surface area contributed by atoms with E-state index in [-0.39, 0.29) is 5.91 Å². The molecule has 0 radical (unpaired) electrons. The fourth-order valence-electron chi connectivity index (χ4n) is 1.68. The van der Waals surface area contributed by atoms with Gasteiger partial charge in [0.2, 0.25) is 0 Å². The molecule has 0 spiro atoms. The van der Waals surface area contributed by atoms with E-state index in [1.54, 1.807) is 18.6 Å². The Morgan fingerprint density at radius 2 is 2.00 bits per heavy atom. The molecule has 6 nitrogen and oxygen atoms in total. The van der Waals surface area contributed by atoms with Crippen LogP contribution in [0.15, 0.2) is 36.9 Å². The van der Waals surface area contributed by atoms with E-state index >= 15 is 0 Å². The summed E-state index contributed by atoms with van der Waals surface area (Å²) in [5.74, 6) is 0.454. The molecule has 20 heavy (non-hydrogen) atoms. The van der Waals surface area contributed by atoms with Crippen molar-refractivity contribution in [2.75, 3.05) is 18.4 Å². The fraction of sp³-hybridized carbons (Fsp3) is 0.286. The molecule has 2 N–H and O–H groups in total. The summed E-state index contributed by atoms with van der Waals surface area (Å²) in [6.07, 6.45) is 7.27. The van der Waals surface area contributed by atoms with Crippen molar-refractivity contribution in [2.24, 2.45) is 0 Å². The van der Waals surface area contributed by atoms with Crippen LogP contribution in [-0.4, -0.2) is 33.9 Å². The molecule has 0 aliphatic heterocycles. The first-order chi connectivity index (χ1) is 9.79. The highest BCUT2D eigenvalue weighted by Crippen LogP contribution is 2.01. The number of carbonyl (C=O) groups is 1. The lowest BCUT2D eigenvalue weighted by atomic mass is 10.2. The van der Waals surface area contributed by atoms with Crippen LogP contribution in [0, 0.1) is 0 Å². The average Bonchev–Trinajstić information content (AvgIpc) is 2.49. The normalized spacial score (nSPS) is 10.1. The predicted molar refractivity (Wildman–Crippen MR) is 76.5 cm³/mol. The second-order valence-electron chi connectivity index (χ2n) is 4.18. The van der Waals surface area contributed by atoms with Crippen LogP contribution in [0.1, 0.15) is 23.0 Å². The molecule has 0 bridgehead atoms. The number of carbonyl (C=O) groups excluding carboxylic acids is 1. The van der Waals surface area contributed by atoms with Gasteiger partial charge in [0.25, 0.3) is 5.91 Å². The van der Waals surface area contributed by atoms with Crippen LogP contribution in [0.25, 0.3) is 0 Å². The van der Waals surface area contributed by atoms with Crippen LogP contribution in [0.3, 0.4) is 0 Å². The lowest BCUT2D eigenvalue weighted by Gasteiger charge is -2.05. The van der Waals surface area contributed by atoms with Crippen molar-refractivity contribution < 1.29 is 4.79 Å². The smallest absolute Gasteiger partial charge is 0.271 e. The monoisotopic (exact) mass is 271 g/mol. The number of nitrogens with one attached hydrogen (secondary N) is 2. The molecular formula is C14H17N5O. The Balaban J connectivity index is 1.82. The minimum Gasteiger partial charge on any atom is -0.369 e. The molecule has 2 rings (SSSR count). The third-order valence-corrected chi connectivity index (χ3v) is 2.69. The van der Waals surface area contributed by atoms with Gasteiger partial charge in [-0.1, -0.05) is 0 Å². The molecular weight excluding hydrogens is 254 g/mol. The highest BCUT2D eigenvalue weighted by molar-refractivity contribution is 5.91. The van der Waals surface area contributed by atoms with Gasteiger partial charge in [0.1, 0.15) is 11.5 Å². The Kier molecular flexibility index (Phi) is 5.00. The number of anilines is 1. The molecule has 104 valence electrons. The zero-order chi connectivity index (χ0) is 14.2. The van der Waals surface area contributed by atoms with Crippen molar-refractivity contribution in [3.8, 4) is 0 Å². The second-order valence-corrected chi connectivity index (χ2v) is 4.18. The third kappa shape index (κ3) is 4.01. The topological polar surface area (TPSA) is 79.8 Å². The first-order valence-corrected chi connectivity index (χ1v) is 6.52. The maximum absolute atomic E-state index is 11.9. The predicted octanol–water partition coefficient (Wildman–Crippen LogP) is 1.28. The number of nitrogens with zero attached hydrogens (tertiary/aromatic N) is 3. The Hall–Kier alpha value is -2.50. The lowest BCUT2D eigenvalue weighted by molar-refractivity contribution is 0.0949. The molecule has 6 heteroatoms. The molecule has 1 amide bonds. The SMILES string of the molecule is CCNc1cnc(C(=O)NCCc2ccncc2)cn1. The maximum atomic E-state index is 11.9. The van der Waals surface area contributed by atoms with Crippen molar-refractivity contribution >= 4 is 11.7 Å². The largest absolute Gasteiger partial charge is 0.369 e. The lowest BCUT2D eigenvalue weighted by Crippen LogP contribution is -2.26. The number of amides is 1. The third-order valence-electron chi connectivity index (χ3n) is 2.69. The second kappa shape index (κ2) is 7.18. The van der Waals surface area contributed by atoms with Crippen molar-refractivity contribution in [1.82, 2.24) is 20.3 Å². The molecule has 2 heterocycles. The van der Waals surface area contributed by atoms with Gasteiger partial charge in [-0.05, 0) is 31.0 Å². The number of hydrogen-bond acceptors (Lipinski definition) is 5. The van der Waals surface area contributed by atoms with E-state index in [9.17, 15) is 4.79 Å². The van der Waals surface area contributed by atoms with Crippen LogP contribution >= 0.6 is 0 Å². The number of aromatic nitrogens is 3. The van der Waals surface area contributed by atoms with Crippen LogP contribution in [-0.2, 0) is 6.42 Å². The van der Waals surface area contributed by atoms with E-state index < -0.39 is 0 Å². The number of hydrogen-bond donors (Lipinski definition) is 2. The Labute approximate surface area is 117 Å². The molecule has 0 aromatic carbocycles. The summed E-state index contributed by atoms with van der Waals surface area (Å²) in [6, 6.07) is 3.86. The summed E-state index contributed by atoms with van der Waals surface area (Å²) in [5, 5.41) is 5.84. The van der Waals surface area contributed by atoms with Gasteiger partial charge in [-0.25, -0.2) is 9.97 Å². The van der Waals surface area contributed by atoms with Gasteiger partial charge in [-0.3, -0.25) is 9.78 Å². The van der Waals surface area contributed by atoms with Gasteiger partial charge in [0.05, 0.1) is 12.4 Å². The summed E-state index contributed by atoms with van der Waals surface area (Å²) >= 11 is 0. The van der Waals surface area contributed by atoms with Crippen molar-refractivity contribution in [2.45, 2.75) is 13.3 Å². The summed E-state index contributed by atoms with van der Waals surface area (Å²) < 4.78 is 0. The van der Waals surface area contributed by atoms with Gasteiger partial charge in [-0.15, -0.1) is 0 Å². The highest BCUT2D eigenvalue weighted by atomic mass is 16.1. The first-order valence-electron chi connectivity index (χ1n) is 6.52. The summed E-state index contributed by atoms with van der Waals surface area (Å²) in [5.41, 5.74) is 1.45. The summed E-state index contributed by atoms with van der Waals surface area (Å²) in [6.45, 7) is 3.30. The van der Waals surface area contributed by atoms with Crippen molar-refractivity contribution in [1.29, 1.82) is 0 Å². The molecule has 0 unspecified atom stereocenters. The van der Waals surface area contributed by atoms with Crippen molar-refractivity contribution in [3.63, 3.8) is 0 Å². The fourth-order valence-corrected chi connectivity index (χ4v) is 1.68. The van der Waals surface area contributed by atoms with Crippen LogP contribution < -0.4 is 10.6 Å². The number of pyridine rings is 1. The molecule has 0 aliphatic rings. The molecule has 0 atom stereocenters. The van der Waals surface area contributed by atoms with Gasteiger partial charge in [0, 0.05) is 25.5 Å². The minimum atomic E-state index is -0.213. The first kappa shape index (κ1) is 13.9. The van der Waals surface area contributed by atoms with E-state index in [4.69, 9.17) is 0 Å². The van der Waals surface area contributed by atoms with E-state index in [1.165, 1.54) is 6.20 Å². The summed E-state index contributed by atoms with van der Waals surface area (Å²) in [4.78, 5) is 24.0.